The number of halogens is 1. The van der Waals surface area contributed by atoms with Gasteiger partial charge in [0.1, 0.15) is 5.75 Å². The Hall–Kier alpha value is -3.06. The lowest BCUT2D eigenvalue weighted by Gasteiger charge is -2.21. The van der Waals surface area contributed by atoms with Gasteiger partial charge in [0.05, 0.1) is 19.3 Å². The van der Waals surface area contributed by atoms with Crippen molar-refractivity contribution in [2.75, 3.05) is 31.3 Å². The number of amides is 3. The van der Waals surface area contributed by atoms with Gasteiger partial charge in [0.15, 0.2) is 0 Å². The van der Waals surface area contributed by atoms with E-state index in [1.165, 1.54) is 18.4 Å². The number of hydrogen-bond donors (Lipinski definition) is 2. The van der Waals surface area contributed by atoms with Gasteiger partial charge in [-0.05, 0) is 49.2 Å². The normalized spacial score (nSPS) is 13.8. The molecule has 32 heavy (non-hydrogen) atoms. The van der Waals surface area contributed by atoms with Crippen molar-refractivity contribution in [3.05, 3.63) is 53.1 Å². The van der Waals surface area contributed by atoms with Crippen molar-refractivity contribution in [1.82, 2.24) is 4.90 Å². The molecule has 3 rings (SSSR count). The minimum Gasteiger partial charge on any atom is -0.495 e. The molecule has 0 radical (unpaired) electrons. The van der Waals surface area contributed by atoms with Crippen LogP contribution in [0.1, 0.15) is 42.5 Å². The van der Waals surface area contributed by atoms with Crippen molar-refractivity contribution in [3.63, 3.8) is 0 Å². The number of carbonyl (C=O) groups excluding carboxylic acids is 3. The van der Waals surface area contributed by atoms with Crippen LogP contribution in [0.2, 0.25) is 5.02 Å². The smallest absolute Gasteiger partial charge is 0.254 e. The Kier molecular flexibility index (Phi) is 8.11. The van der Waals surface area contributed by atoms with E-state index in [1.807, 2.05) is 0 Å². The van der Waals surface area contributed by atoms with E-state index in [4.69, 9.17) is 16.3 Å². The van der Waals surface area contributed by atoms with Crippen molar-refractivity contribution in [2.45, 2.75) is 32.1 Å². The maximum absolute atomic E-state index is 12.8. The van der Waals surface area contributed by atoms with Crippen LogP contribution in [0.25, 0.3) is 0 Å². The van der Waals surface area contributed by atoms with Gasteiger partial charge in [-0.25, -0.2) is 0 Å². The van der Waals surface area contributed by atoms with E-state index in [2.05, 4.69) is 10.6 Å². The molecule has 1 fully saturated rings. The van der Waals surface area contributed by atoms with Crippen molar-refractivity contribution >= 4 is 40.7 Å². The summed E-state index contributed by atoms with van der Waals surface area (Å²) in [5.74, 6) is -0.219. The summed E-state index contributed by atoms with van der Waals surface area (Å²) in [6.45, 7) is -0.160. The first kappa shape index (κ1) is 23.6. The number of methoxy groups -OCH3 is 1. The van der Waals surface area contributed by atoms with Gasteiger partial charge in [-0.2, -0.15) is 0 Å². The minimum atomic E-state index is -0.386. The molecule has 0 saturated heterocycles. The molecular formula is C24H28ClN3O4. The summed E-state index contributed by atoms with van der Waals surface area (Å²) in [5, 5.41) is 6.09. The molecule has 0 heterocycles. The number of nitrogens with zero attached hydrogens (tertiary/aromatic N) is 1. The van der Waals surface area contributed by atoms with Crippen molar-refractivity contribution in [2.24, 2.45) is 5.92 Å². The number of likely N-dealkylation sites (N-methyl/N-ethyl adjacent to an activating group) is 1. The molecule has 1 aliphatic rings. The molecule has 0 bridgehead atoms. The summed E-state index contributed by atoms with van der Waals surface area (Å²) in [6, 6.07) is 11.7. The van der Waals surface area contributed by atoms with Gasteiger partial charge in [-0.15, -0.1) is 0 Å². The zero-order chi connectivity index (χ0) is 23.1. The number of carbonyl (C=O) groups is 3. The highest BCUT2D eigenvalue weighted by Crippen LogP contribution is 2.28. The Balaban J connectivity index is 1.60. The molecule has 0 aromatic heterocycles. The highest BCUT2D eigenvalue weighted by Gasteiger charge is 2.22. The highest BCUT2D eigenvalue weighted by molar-refractivity contribution is 6.31. The van der Waals surface area contributed by atoms with Gasteiger partial charge < -0.3 is 20.3 Å². The quantitative estimate of drug-likeness (QED) is 0.637. The molecule has 0 atom stereocenters. The lowest BCUT2D eigenvalue weighted by atomic mass is 9.88. The zero-order valence-electron chi connectivity index (χ0n) is 18.3. The molecular weight excluding hydrogens is 430 g/mol. The van der Waals surface area contributed by atoms with E-state index in [-0.39, 0.29) is 30.2 Å². The third-order valence-corrected chi connectivity index (χ3v) is 5.75. The summed E-state index contributed by atoms with van der Waals surface area (Å²) < 4.78 is 5.22. The molecule has 170 valence electrons. The van der Waals surface area contributed by atoms with Gasteiger partial charge >= 0.3 is 0 Å². The van der Waals surface area contributed by atoms with E-state index < -0.39 is 0 Å². The fourth-order valence-corrected chi connectivity index (χ4v) is 3.99. The molecule has 2 N–H and O–H groups in total. The number of hydrogen-bond acceptors (Lipinski definition) is 4. The maximum atomic E-state index is 12.8. The second-order valence-corrected chi connectivity index (χ2v) is 8.40. The molecule has 1 aliphatic carbocycles. The largest absolute Gasteiger partial charge is 0.495 e. The molecule has 1 saturated carbocycles. The monoisotopic (exact) mass is 457 g/mol. The lowest BCUT2D eigenvalue weighted by Crippen LogP contribution is -2.35. The predicted octanol–water partition coefficient (Wildman–Crippen LogP) is 4.58. The van der Waals surface area contributed by atoms with E-state index in [1.54, 1.807) is 49.5 Å². The Morgan fingerprint density at radius 2 is 1.81 bits per heavy atom. The second-order valence-electron chi connectivity index (χ2n) is 7.96. The van der Waals surface area contributed by atoms with E-state index >= 15 is 0 Å². The minimum absolute atomic E-state index is 0.00231. The Morgan fingerprint density at radius 1 is 1.06 bits per heavy atom. The number of nitrogens with one attached hydrogen (secondary N) is 2. The standard InChI is InChI=1S/C24H28ClN3O4/c1-28(15-22(29)27-20-14-18(25)11-12-21(20)32-2)24(31)17-9-6-10-19(13-17)26-23(30)16-7-4-3-5-8-16/h6,9-14,16H,3-5,7-8,15H2,1-2H3,(H,26,30)(H,27,29). The zero-order valence-corrected chi connectivity index (χ0v) is 19.1. The maximum Gasteiger partial charge on any atom is 0.254 e. The Bertz CT molecular complexity index is 989. The van der Waals surface area contributed by atoms with Crippen LogP contribution in [-0.4, -0.2) is 43.3 Å². The first-order valence-electron chi connectivity index (χ1n) is 10.7. The van der Waals surface area contributed by atoms with Crippen LogP contribution >= 0.6 is 11.6 Å². The molecule has 0 aliphatic heterocycles. The van der Waals surface area contributed by atoms with Gasteiger partial charge in [0, 0.05) is 29.2 Å². The molecule has 7 nitrogen and oxygen atoms in total. The summed E-state index contributed by atoms with van der Waals surface area (Å²) in [4.78, 5) is 39.1. The fourth-order valence-electron chi connectivity index (χ4n) is 3.81. The molecule has 2 aromatic rings. The van der Waals surface area contributed by atoms with Crippen LogP contribution in [0.5, 0.6) is 5.75 Å². The predicted molar refractivity (Wildman–Crippen MR) is 125 cm³/mol. The van der Waals surface area contributed by atoms with Crippen LogP contribution in [0.15, 0.2) is 42.5 Å². The Labute approximate surface area is 193 Å². The van der Waals surface area contributed by atoms with Crippen LogP contribution in [0.3, 0.4) is 0 Å². The third kappa shape index (κ3) is 6.23. The van der Waals surface area contributed by atoms with Crippen LogP contribution < -0.4 is 15.4 Å². The number of rotatable bonds is 7. The summed E-state index contributed by atoms with van der Waals surface area (Å²) in [7, 11) is 3.04. The van der Waals surface area contributed by atoms with E-state index in [0.717, 1.165) is 25.7 Å². The van der Waals surface area contributed by atoms with Gasteiger partial charge in [-0.1, -0.05) is 36.9 Å². The van der Waals surface area contributed by atoms with E-state index in [0.29, 0.717) is 27.7 Å². The van der Waals surface area contributed by atoms with Crippen molar-refractivity contribution < 1.29 is 19.1 Å². The number of ether oxygens (including phenoxy) is 1. The summed E-state index contributed by atoms with van der Waals surface area (Å²) in [6.07, 6.45) is 5.13. The third-order valence-electron chi connectivity index (χ3n) is 5.52. The Morgan fingerprint density at radius 3 is 2.53 bits per heavy atom. The van der Waals surface area contributed by atoms with Gasteiger partial charge in [-0.3, -0.25) is 14.4 Å². The highest BCUT2D eigenvalue weighted by atomic mass is 35.5. The first-order valence-corrected chi connectivity index (χ1v) is 11.0. The second kappa shape index (κ2) is 11.0. The number of anilines is 2. The van der Waals surface area contributed by atoms with Crippen LogP contribution in [0.4, 0.5) is 11.4 Å². The number of benzene rings is 2. The average molecular weight is 458 g/mol. The average Bonchev–Trinajstić information content (AvgIpc) is 2.79. The van der Waals surface area contributed by atoms with E-state index in [9.17, 15) is 14.4 Å². The summed E-state index contributed by atoms with van der Waals surface area (Å²) >= 11 is 5.99. The molecule has 0 spiro atoms. The molecule has 2 aromatic carbocycles. The fraction of sp³-hybridized carbons (Fsp3) is 0.375. The van der Waals surface area contributed by atoms with Crippen molar-refractivity contribution in [3.8, 4) is 5.75 Å². The molecule has 8 heteroatoms. The van der Waals surface area contributed by atoms with Gasteiger partial charge in [0.2, 0.25) is 11.8 Å². The van der Waals surface area contributed by atoms with Crippen LogP contribution in [-0.2, 0) is 9.59 Å². The SMILES string of the molecule is COc1ccc(Cl)cc1NC(=O)CN(C)C(=O)c1cccc(NC(=O)C2CCCCC2)c1. The van der Waals surface area contributed by atoms with Gasteiger partial charge in [0.25, 0.3) is 5.91 Å². The van der Waals surface area contributed by atoms with Crippen molar-refractivity contribution in [1.29, 1.82) is 0 Å². The summed E-state index contributed by atoms with van der Waals surface area (Å²) in [5.41, 5.74) is 1.40. The van der Waals surface area contributed by atoms with Crippen LogP contribution in [0, 0.1) is 5.92 Å². The topological polar surface area (TPSA) is 87.7 Å². The lowest BCUT2D eigenvalue weighted by molar-refractivity contribution is -0.120. The first-order chi connectivity index (χ1) is 15.4. The molecule has 0 unspecified atom stereocenters. The molecule has 3 amide bonds.